The second kappa shape index (κ2) is 5.49. The third-order valence-electron chi connectivity index (χ3n) is 2.57. The van der Waals surface area contributed by atoms with Crippen LogP contribution in [0.5, 0.6) is 11.6 Å². The maximum atomic E-state index is 11.4. The smallest absolute Gasteiger partial charge is 0.250 e. The van der Waals surface area contributed by atoms with E-state index in [4.69, 9.17) is 4.74 Å². The van der Waals surface area contributed by atoms with Crippen LogP contribution in [0, 0.1) is 13.8 Å². The lowest BCUT2D eigenvalue weighted by Gasteiger charge is -2.11. The van der Waals surface area contributed by atoms with Crippen LogP contribution in [0.15, 0.2) is 34.0 Å². The van der Waals surface area contributed by atoms with E-state index in [-0.39, 0.29) is 11.0 Å². The second-order valence-electron chi connectivity index (χ2n) is 4.42. The molecule has 0 aliphatic heterocycles. The van der Waals surface area contributed by atoms with Gasteiger partial charge in [-0.15, -0.1) is 0 Å². The van der Waals surface area contributed by atoms with E-state index in [9.17, 15) is 8.42 Å². The van der Waals surface area contributed by atoms with E-state index in [1.54, 1.807) is 0 Å². The van der Waals surface area contributed by atoms with Gasteiger partial charge in [0.05, 0.1) is 0 Å². The fourth-order valence-corrected chi connectivity index (χ4v) is 2.92. The van der Waals surface area contributed by atoms with E-state index >= 15 is 0 Å². The minimum Gasteiger partial charge on any atom is -0.438 e. The highest BCUT2D eigenvalue weighted by atomic mass is 79.9. The Bertz CT molecular complexity index is 737. The number of sulfone groups is 1. The van der Waals surface area contributed by atoms with Crippen molar-refractivity contribution in [2.75, 3.05) is 6.26 Å². The van der Waals surface area contributed by atoms with E-state index < -0.39 is 9.84 Å². The highest BCUT2D eigenvalue weighted by Gasteiger charge is 2.13. The molecule has 0 amide bonds. The first-order valence-corrected chi connectivity index (χ1v) is 8.43. The Kier molecular flexibility index (Phi) is 4.10. The van der Waals surface area contributed by atoms with Crippen LogP contribution in [0.2, 0.25) is 0 Å². The summed E-state index contributed by atoms with van der Waals surface area (Å²) < 4.78 is 29.5. The summed E-state index contributed by atoms with van der Waals surface area (Å²) in [5.41, 5.74) is 1.85. The van der Waals surface area contributed by atoms with E-state index in [0.717, 1.165) is 21.9 Å². The molecule has 0 unspecified atom stereocenters. The number of ether oxygens (including phenoxy) is 1. The van der Waals surface area contributed by atoms with E-state index in [2.05, 4.69) is 25.9 Å². The van der Waals surface area contributed by atoms with Gasteiger partial charge in [0, 0.05) is 23.0 Å². The molecule has 0 bridgehead atoms. The van der Waals surface area contributed by atoms with Gasteiger partial charge in [-0.2, -0.15) is 4.98 Å². The molecule has 2 rings (SSSR count). The number of hydrogen-bond acceptors (Lipinski definition) is 5. The minimum atomic E-state index is -3.45. The molecule has 5 nitrogen and oxygen atoms in total. The molecular formula is C13H13BrN2O3S. The topological polar surface area (TPSA) is 69.2 Å². The molecule has 1 aromatic carbocycles. The van der Waals surface area contributed by atoms with Crippen molar-refractivity contribution in [3.8, 4) is 11.6 Å². The number of rotatable bonds is 3. The average molecular weight is 357 g/mol. The molecule has 0 radical (unpaired) electrons. The van der Waals surface area contributed by atoms with Crippen molar-refractivity contribution < 1.29 is 13.2 Å². The van der Waals surface area contributed by atoms with E-state index in [1.807, 2.05) is 26.0 Å². The summed E-state index contributed by atoms with van der Waals surface area (Å²) in [7, 11) is -3.45. The molecule has 0 saturated heterocycles. The van der Waals surface area contributed by atoms with Gasteiger partial charge in [0.1, 0.15) is 5.75 Å². The summed E-state index contributed by atoms with van der Waals surface area (Å²) in [5.74, 6) is 0.861. The van der Waals surface area contributed by atoms with Crippen LogP contribution in [-0.4, -0.2) is 24.6 Å². The predicted octanol–water partition coefficient (Wildman–Crippen LogP) is 3.05. The van der Waals surface area contributed by atoms with Crippen molar-refractivity contribution in [2.45, 2.75) is 19.0 Å². The van der Waals surface area contributed by atoms with Gasteiger partial charge in [-0.1, -0.05) is 15.9 Å². The summed E-state index contributed by atoms with van der Waals surface area (Å²) in [4.78, 5) is 7.64. The van der Waals surface area contributed by atoms with Crippen LogP contribution in [-0.2, 0) is 9.84 Å². The molecule has 0 spiro atoms. The number of nitrogens with zero attached hydrogens (tertiary/aromatic N) is 2. The number of hydrogen-bond donors (Lipinski definition) is 0. The van der Waals surface area contributed by atoms with E-state index in [0.29, 0.717) is 5.75 Å². The Hall–Kier alpha value is -1.47. The first kappa shape index (κ1) is 14.9. The van der Waals surface area contributed by atoms with Gasteiger partial charge >= 0.3 is 0 Å². The number of benzene rings is 1. The SMILES string of the molecule is Cc1cc(Br)cc(C)c1Oc1ccnc(S(C)(=O)=O)n1. The quantitative estimate of drug-likeness (QED) is 0.790. The Morgan fingerprint density at radius 1 is 1.20 bits per heavy atom. The Morgan fingerprint density at radius 3 is 2.35 bits per heavy atom. The maximum Gasteiger partial charge on any atom is 0.250 e. The predicted molar refractivity (Wildman–Crippen MR) is 78.8 cm³/mol. The van der Waals surface area contributed by atoms with Crippen LogP contribution in [0.4, 0.5) is 0 Å². The molecule has 7 heteroatoms. The summed E-state index contributed by atoms with van der Waals surface area (Å²) >= 11 is 3.41. The zero-order chi connectivity index (χ0) is 14.9. The first-order chi connectivity index (χ1) is 9.27. The standard InChI is InChI=1S/C13H13BrN2O3S/c1-8-6-10(14)7-9(2)12(8)19-11-4-5-15-13(16-11)20(3,17)18/h4-7H,1-3H3. The summed E-state index contributed by atoms with van der Waals surface area (Å²) in [6, 6.07) is 5.36. The number of aryl methyl sites for hydroxylation is 2. The molecule has 0 aliphatic rings. The Labute approximate surface area is 126 Å². The average Bonchev–Trinajstić information content (AvgIpc) is 2.33. The molecule has 106 valence electrons. The molecule has 0 atom stereocenters. The van der Waals surface area contributed by atoms with Gasteiger partial charge in [-0.25, -0.2) is 13.4 Å². The van der Waals surface area contributed by atoms with Crippen molar-refractivity contribution in [3.05, 3.63) is 40.0 Å². The van der Waals surface area contributed by atoms with Crippen molar-refractivity contribution in [1.82, 2.24) is 9.97 Å². The zero-order valence-electron chi connectivity index (χ0n) is 11.2. The largest absolute Gasteiger partial charge is 0.438 e. The normalized spacial score (nSPS) is 11.4. The van der Waals surface area contributed by atoms with Crippen molar-refractivity contribution >= 4 is 25.8 Å². The van der Waals surface area contributed by atoms with Gasteiger partial charge < -0.3 is 4.74 Å². The zero-order valence-corrected chi connectivity index (χ0v) is 13.6. The summed E-state index contributed by atoms with van der Waals surface area (Å²) in [5, 5.41) is -0.248. The molecule has 0 aliphatic carbocycles. The highest BCUT2D eigenvalue weighted by molar-refractivity contribution is 9.10. The lowest BCUT2D eigenvalue weighted by molar-refractivity contribution is 0.447. The monoisotopic (exact) mass is 356 g/mol. The third kappa shape index (κ3) is 3.34. The number of halogens is 1. The maximum absolute atomic E-state index is 11.4. The molecule has 0 fully saturated rings. The second-order valence-corrected chi connectivity index (χ2v) is 7.25. The fraction of sp³-hybridized carbons (Fsp3) is 0.231. The Morgan fingerprint density at radius 2 is 1.80 bits per heavy atom. The van der Waals surface area contributed by atoms with Crippen molar-refractivity contribution in [2.24, 2.45) is 0 Å². The lowest BCUT2D eigenvalue weighted by Crippen LogP contribution is -2.04. The molecule has 1 heterocycles. The van der Waals surface area contributed by atoms with Gasteiger partial charge in [0.15, 0.2) is 0 Å². The van der Waals surface area contributed by atoms with Gasteiger partial charge in [-0.05, 0) is 37.1 Å². The van der Waals surface area contributed by atoms with Gasteiger partial charge in [0.25, 0.3) is 0 Å². The first-order valence-electron chi connectivity index (χ1n) is 5.75. The lowest BCUT2D eigenvalue weighted by atomic mass is 10.1. The van der Waals surface area contributed by atoms with E-state index in [1.165, 1.54) is 12.3 Å². The molecule has 20 heavy (non-hydrogen) atoms. The van der Waals surface area contributed by atoms with Crippen LogP contribution in [0.25, 0.3) is 0 Å². The third-order valence-corrected chi connectivity index (χ3v) is 3.89. The summed E-state index contributed by atoms with van der Waals surface area (Å²) in [6.07, 6.45) is 2.42. The van der Waals surface area contributed by atoms with Crippen molar-refractivity contribution in [1.29, 1.82) is 0 Å². The molecular weight excluding hydrogens is 344 g/mol. The van der Waals surface area contributed by atoms with Crippen molar-refractivity contribution in [3.63, 3.8) is 0 Å². The molecule has 1 aromatic heterocycles. The van der Waals surface area contributed by atoms with Crippen LogP contribution >= 0.6 is 15.9 Å². The van der Waals surface area contributed by atoms with Gasteiger partial charge in [0.2, 0.25) is 20.9 Å². The summed E-state index contributed by atoms with van der Waals surface area (Å²) in [6.45, 7) is 3.82. The Balaban J connectivity index is 2.41. The molecule has 2 aromatic rings. The van der Waals surface area contributed by atoms with Gasteiger partial charge in [-0.3, -0.25) is 0 Å². The van der Waals surface area contributed by atoms with Crippen LogP contribution in [0.1, 0.15) is 11.1 Å². The minimum absolute atomic E-state index is 0.203. The fourth-order valence-electron chi connectivity index (χ4n) is 1.72. The highest BCUT2D eigenvalue weighted by Crippen LogP contribution is 2.30. The molecule has 0 saturated carbocycles. The number of aromatic nitrogens is 2. The van der Waals surface area contributed by atoms with Crippen LogP contribution < -0.4 is 4.74 Å². The molecule has 0 N–H and O–H groups in total. The van der Waals surface area contributed by atoms with Crippen LogP contribution in [0.3, 0.4) is 0 Å².